The first-order chi connectivity index (χ1) is 7.31. The molecule has 0 saturated carbocycles. The summed E-state index contributed by atoms with van der Waals surface area (Å²) >= 11 is 6.13. The van der Waals surface area contributed by atoms with Crippen LogP contribution in [0.5, 0.6) is 0 Å². The maximum Gasteiger partial charge on any atom is 0.0957 e. The van der Waals surface area contributed by atoms with Crippen LogP contribution in [0.15, 0.2) is 24.3 Å². The number of piperidine rings is 1. The Kier molecular flexibility index (Phi) is 3.25. The van der Waals surface area contributed by atoms with E-state index in [9.17, 15) is 0 Å². The minimum Gasteiger partial charge on any atom is -0.295 e. The van der Waals surface area contributed by atoms with Gasteiger partial charge in [-0.1, -0.05) is 29.8 Å². The summed E-state index contributed by atoms with van der Waals surface area (Å²) in [6, 6.07) is 10.3. The molecule has 0 aliphatic carbocycles. The standard InChI is InChI=1S/C12H13ClN2/c13-11-6-2-1-5-10(11)12-7-3-4-9(8-14)15-12/h1-2,5-6,9,12,15H,3-4,7H2. The van der Waals surface area contributed by atoms with Gasteiger partial charge in [0, 0.05) is 11.1 Å². The summed E-state index contributed by atoms with van der Waals surface area (Å²) in [5.41, 5.74) is 1.11. The highest BCUT2D eigenvalue weighted by molar-refractivity contribution is 6.31. The van der Waals surface area contributed by atoms with Crippen molar-refractivity contribution in [3.05, 3.63) is 34.9 Å². The minimum atomic E-state index is -0.0278. The molecule has 2 atom stereocenters. The number of nitrogens with zero attached hydrogens (tertiary/aromatic N) is 1. The molecule has 78 valence electrons. The van der Waals surface area contributed by atoms with Gasteiger partial charge in [-0.25, -0.2) is 0 Å². The molecule has 15 heavy (non-hydrogen) atoms. The summed E-state index contributed by atoms with van der Waals surface area (Å²) in [4.78, 5) is 0. The highest BCUT2D eigenvalue weighted by Crippen LogP contribution is 2.29. The fourth-order valence-corrected chi connectivity index (χ4v) is 2.31. The van der Waals surface area contributed by atoms with Crippen LogP contribution in [0.25, 0.3) is 0 Å². The van der Waals surface area contributed by atoms with Crippen molar-refractivity contribution in [3.63, 3.8) is 0 Å². The third-order valence-electron chi connectivity index (χ3n) is 2.82. The number of nitrogens with one attached hydrogen (secondary N) is 1. The van der Waals surface area contributed by atoms with Crippen molar-refractivity contribution in [2.45, 2.75) is 31.3 Å². The number of hydrogen-bond donors (Lipinski definition) is 1. The van der Waals surface area contributed by atoms with Crippen molar-refractivity contribution >= 4 is 11.6 Å². The molecule has 0 aromatic heterocycles. The molecule has 1 heterocycles. The molecule has 1 aromatic rings. The monoisotopic (exact) mass is 220 g/mol. The van der Waals surface area contributed by atoms with Gasteiger partial charge in [-0.3, -0.25) is 5.32 Å². The van der Waals surface area contributed by atoms with E-state index in [1.807, 2.05) is 24.3 Å². The Balaban J connectivity index is 2.18. The molecule has 2 unspecified atom stereocenters. The van der Waals surface area contributed by atoms with E-state index < -0.39 is 0 Å². The molecule has 1 aliphatic heterocycles. The summed E-state index contributed by atoms with van der Waals surface area (Å²) in [5.74, 6) is 0. The van der Waals surface area contributed by atoms with Crippen molar-refractivity contribution in [2.24, 2.45) is 0 Å². The Morgan fingerprint density at radius 3 is 2.87 bits per heavy atom. The second kappa shape index (κ2) is 4.65. The van der Waals surface area contributed by atoms with E-state index in [1.54, 1.807) is 0 Å². The summed E-state index contributed by atoms with van der Waals surface area (Å²) in [5, 5.41) is 13.0. The van der Waals surface area contributed by atoms with Crippen molar-refractivity contribution in [1.29, 1.82) is 5.26 Å². The number of benzene rings is 1. The first-order valence-electron chi connectivity index (χ1n) is 5.21. The van der Waals surface area contributed by atoms with Crippen LogP contribution in [0.1, 0.15) is 30.9 Å². The molecule has 1 saturated heterocycles. The zero-order chi connectivity index (χ0) is 10.7. The average Bonchev–Trinajstić information content (AvgIpc) is 2.30. The van der Waals surface area contributed by atoms with E-state index in [0.717, 1.165) is 29.8 Å². The van der Waals surface area contributed by atoms with Crippen molar-refractivity contribution in [1.82, 2.24) is 5.32 Å². The van der Waals surface area contributed by atoms with Gasteiger partial charge in [0.25, 0.3) is 0 Å². The molecule has 3 heteroatoms. The van der Waals surface area contributed by atoms with Gasteiger partial charge in [0.15, 0.2) is 0 Å². The highest BCUT2D eigenvalue weighted by atomic mass is 35.5. The lowest BCUT2D eigenvalue weighted by atomic mass is 9.94. The number of hydrogen-bond acceptors (Lipinski definition) is 2. The Hall–Kier alpha value is -1.04. The SMILES string of the molecule is N#CC1CCCC(c2ccccc2Cl)N1. The number of nitriles is 1. The second-order valence-electron chi connectivity index (χ2n) is 3.85. The lowest BCUT2D eigenvalue weighted by Gasteiger charge is -2.28. The molecule has 1 aromatic carbocycles. The van der Waals surface area contributed by atoms with Gasteiger partial charge in [-0.15, -0.1) is 0 Å². The van der Waals surface area contributed by atoms with E-state index in [2.05, 4.69) is 11.4 Å². The summed E-state index contributed by atoms with van der Waals surface area (Å²) in [6.45, 7) is 0. The van der Waals surface area contributed by atoms with E-state index >= 15 is 0 Å². The fraction of sp³-hybridized carbons (Fsp3) is 0.417. The smallest absolute Gasteiger partial charge is 0.0957 e. The van der Waals surface area contributed by atoms with Crippen LogP contribution >= 0.6 is 11.6 Å². The van der Waals surface area contributed by atoms with Gasteiger partial charge in [-0.05, 0) is 30.9 Å². The molecule has 0 bridgehead atoms. The normalized spacial score (nSPS) is 25.9. The molecule has 2 rings (SSSR count). The molecule has 2 nitrogen and oxygen atoms in total. The predicted molar refractivity (Wildman–Crippen MR) is 60.6 cm³/mol. The van der Waals surface area contributed by atoms with Crippen molar-refractivity contribution < 1.29 is 0 Å². The quantitative estimate of drug-likeness (QED) is 0.790. The van der Waals surface area contributed by atoms with E-state index in [1.165, 1.54) is 0 Å². The Labute approximate surface area is 94.9 Å². The average molecular weight is 221 g/mol. The Bertz CT molecular complexity index is 383. The number of rotatable bonds is 1. The summed E-state index contributed by atoms with van der Waals surface area (Å²) < 4.78 is 0. The van der Waals surface area contributed by atoms with Crippen LogP contribution in [-0.2, 0) is 0 Å². The Morgan fingerprint density at radius 1 is 1.33 bits per heavy atom. The maximum atomic E-state index is 8.88. The van der Waals surface area contributed by atoms with Gasteiger partial charge in [0.2, 0.25) is 0 Å². The maximum absolute atomic E-state index is 8.88. The largest absolute Gasteiger partial charge is 0.295 e. The van der Waals surface area contributed by atoms with Crippen molar-refractivity contribution in [3.8, 4) is 6.07 Å². The molecule has 1 fully saturated rings. The predicted octanol–water partition coefficient (Wildman–Crippen LogP) is 3.05. The third kappa shape index (κ3) is 2.31. The third-order valence-corrected chi connectivity index (χ3v) is 3.17. The van der Waals surface area contributed by atoms with Crippen LogP contribution in [0.3, 0.4) is 0 Å². The molecular weight excluding hydrogens is 208 g/mol. The van der Waals surface area contributed by atoms with Crippen molar-refractivity contribution in [2.75, 3.05) is 0 Å². The van der Waals surface area contributed by atoms with Crippen LogP contribution in [0.2, 0.25) is 5.02 Å². The highest BCUT2D eigenvalue weighted by Gasteiger charge is 2.22. The lowest BCUT2D eigenvalue weighted by molar-refractivity contribution is 0.368. The zero-order valence-electron chi connectivity index (χ0n) is 8.41. The van der Waals surface area contributed by atoms with E-state index in [4.69, 9.17) is 16.9 Å². The van der Waals surface area contributed by atoms with Gasteiger partial charge in [0.1, 0.15) is 0 Å². The van der Waals surface area contributed by atoms with Gasteiger partial charge >= 0.3 is 0 Å². The fourth-order valence-electron chi connectivity index (χ4n) is 2.04. The summed E-state index contributed by atoms with van der Waals surface area (Å²) in [6.07, 6.45) is 3.08. The molecule has 1 aliphatic rings. The molecular formula is C12H13ClN2. The van der Waals surface area contributed by atoms with Crippen LogP contribution in [0, 0.1) is 11.3 Å². The van der Waals surface area contributed by atoms with Crippen LogP contribution < -0.4 is 5.32 Å². The number of halogens is 1. The van der Waals surface area contributed by atoms with Gasteiger partial charge < -0.3 is 0 Å². The van der Waals surface area contributed by atoms with E-state index in [0.29, 0.717) is 0 Å². The molecule has 1 N–H and O–H groups in total. The first-order valence-corrected chi connectivity index (χ1v) is 5.59. The van der Waals surface area contributed by atoms with Gasteiger partial charge in [-0.2, -0.15) is 5.26 Å². The summed E-state index contributed by atoms with van der Waals surface area (Å²) in [7, 11) is 0. The van der Waals surface area contributed by atoms with Gasteiger partial charge in [0.05, 0.1) is 12.1 Å². The molecule has 0 spiro atoms. The molecule has 0 amide bonds. The topological polar surface area (TPSA) is 35.8 Å². The second-order valence-corrected chi connectivity index (χ2v) is 4.26. The minimum absolute atomic E-state index is 0.0278. The first kappa shape index (κ1) is 10.5. The Morgan fingerprint density at radius 2 is 2.13 bits per heavy atom. The lowest BCUT2D eigenvalue weighted by Crippen LogP contribution is -2.35. The van der Waals surface area contributed by atoms with Crippen LogP contribution in [-0.4, -0.2) is 6.04 Å². The molecule has 0 radical (unpaired) electrons. The van der Waals surface area contributed by atoms with E-state index in [-0.39, 0.29) is 12.1 Å². The van der Waals surface area contributed by atoms with Crippen LogP contribution in [0.4, 0.5) is 0 Å². The zero-order valence-corrected chi connectivity index (χ0v) is 9.17.